The normalized spacial score (nSPS) is 11.3. The standard InChI is InChI=1S/C15H27N3O.HI/c1-13(2)7-4-5-10-17-15(16-3)18-11-9-14-8-6-12-19-14;/h6,8,12-13H,4-5,7,9-11H2,1-3H3,(H2,16,17,18);1H. The second-order valence-corrected chi connectivity index (χ2v) is 5.14. The smallest absolute Gasteiger partial charge is 0.190 e. The molecule has 5 heteroatoms. The van der Waals surface area contributed by atoms with Crippen molar-refractivity contribution in [3.8, 4) is 0 Å². The van der Waals surface area contributed by atoms with E-state index in [1.807, 2.05) is 12.1 Å². The Bertz CT molecular complexity index is 350. The second kappa shape index (κ2) is 12.1. The fourth-order valence-corrected chi connectivity index (χ4v) is 1.86. The molecule has 0 aromatic carbocycles. The van der Waals surface area contributed by atoms with Gasteiger partial charge in [0.15, 0.2) is 5.96 Å². The van der Waals surface area contributed by atoms with E-state index in [1.54, 1.807) is 13.3 Å². The first-order valence-electron chi connectivity index (χ1n) is 7.19. The Hall–Kier alpha value is -0.720. The van der Waals surface area contributed by atoms with Crippen molar-refractivity contribution in [3.05, 3.63) is 24.2 Å². The number of rotatable bonds is 8. The van der Waals surface area contributed by atoms with Crippen LogP contribution in [0.15, 0.2) is 27.8 Å². The number of unbranched alkanes of at least 4 members (excludes halogenated alkanes) is 1. The average molecular weight is 393 g/mol. The molecule has 1 aromatic heterocycles. The summed E-state index contributed by atoms with van der Waals surface area (Å²) in [6, 6.07) is 3.90. The van der Waals surface area contributed by atoms with Crippen molar-refractivity contribution in [2.24, 2.45) is 10.9 Å². The Labute approximate surface area is 139 Å². The van der Waals surface area contributed by atoms with Crippen molar-refractivity contribution in [3.63, 3.8) is 0 Å². The van der Waals surface area contributed by atoms with E-state index in [9.17, 15) is 0 Å². The summed E-state index contributed by atoms with van der Waals surface area (Å²) < 4.78 is 5.28. The van der Waals surface area contributed by atoms with Crippen LogP contribution in [0.3, 0.4) is 0 Å². The van der Waals surface area contributed by atoms with Gasteiger partial charge in [-0.05, 0) is 24.5 Å². The van der Waals surface area contributed by atoms with Crippen molar-refractivity contribution in [2.75, 3.05) is 20.1 Å². The van der Waals surface area contributed by atoms with Gasteiger partial charge >= 0.3 is 0 Å². The number of furan rings is 1. The molecule has 0 amide bonds. The van der Waals surface area contributed by atoms with E-state index in [2.05, 4.69) is 29.5 Å². The summed E-state index contributed by atoms with van der Waals surface area (Å²) in [4.78, 5) is 4.20. The van der Waals surface area contributed by atoms with Crippen LogP contribution < -0.4 is 10.6 Å². The highest BCUT2D eigenvalue weighted by atomic mass is 127. The first kappa shape index (κ1) is 19.3. The molecule has 0 saturated carbocycles. The van der Waals surface area contributed by atoms with Crippen molar-refractivity contribution < 1.29 is 4.42 Å². The molecular weight excluding hydrogens is 365 g/mol. The third-order valence-corrected chi connectivity index (χ3v) is 2.97. The van der Waals surface area contributed by atoms with E-state index in [1.165, 1.54) is 19.3 Å². The molecule has 2 N–H and O–H groups in total. The molecule has 0 aliphatic heterocycles. The van der Waals surface area contributed by atoms with E-state index in [4.69, 9.17) is 4.42 Å². The molecule has 0 aliphatic rings. The van der Waals surface area contributed by atoms with Crippen molar-refractivity contribution in [1.29, 1.82) is 0 Å². The van der Waals surface area contributed by atoms with Gasteiger partial charge < -0.3 is 15.1 Å². The summed E-state index contributed by atoms with van der Waals surface area (Å²) >= 11 is 0. The summed E-state index contributed by atoms with van der Waals surface area (Å²) in [6.07, 6.45) is 6.34. The van der Waals surface area contributed by atoms with E-state index in [-0.39, 0.29) is 24.0 Å². The minimum atomic E-state index is 0. The number of guanidine groups is 1. The number of halogens is 1. The van der Waals surface area contributed by atoms with E-state index >= 15 is 0 Å². The molecule has 0 atom stereocenters. The van der Waals surface area contributed by atoms with Crippen LogP contribution in [0.2, 0.25) is 0 Å². The van der Waals surface area contributed by atoms with Gasteiger partial charge in [0.25, 0.3) is 0 Å². The Morgan fingerprint density at radius 1 is 1.25 bits per heavy atom. The molecule has 1 rings (SSSR count). The molecule has 1 heterocycles. The molecule has 0 bridgehead atoms. The maximum absolute atomic E-state index is 5.28. The van der Waals surface area contributed by atoms with E-state index < -0.39 is 0 Å². The van der Waals surface area contributed by atoms with Crippen LogP contribution in [0.5, 0.6) is 0 Å². The van der Waals surface area contributed by atoms with E-state index in [0.717, 1.165) is 37.1 Å². The van der Waals surface area contributed by atoms with Crippen LogP contribution in [0.4, 0.5) is 0 Å². The average Bonchev–Trinajstić information content (AvgIpc) is 2.89. The highest BCUT2D eigenvalue weighted by Crippen LogP contribution is 2.05. The van der Waals surface area contributed by atoms with Gasteiger partial charge in [0.1, 0.15) is 5.76 Å². The molecule has 20 heavy (non-hydrogen) atoms. The predicted octanol–water partition coefficient (Wildman–Crippen LogP) is 3.43. The van der Waals surface area contributed by atoms with Crippen molar-refractivity contribution in [1.82, 2.24) is 10.6 Å². The van der Waals surface area contributed by atoms with Crippen molar-refractivity contribution >= 4 is 29.9 Å². The van der Waals surface area contributed by atoms with Gasteiger partial charge in [0.05, 0.1) is 6.26 Å². The highest BCUT2D eigenvalue weighted by molar-refractivity contribution is 14.0. The number of hydrogen-bond donors (Lipinski definition) is 2. The number of hydrogen-bond acceptors (Lipinski definition) is 2. The highest BCUT2D eigenvalue weighted by Gasteiger charge is 1.99. The number of nitrogens with zero attached hydrogens (tertiary/aromatic N) is 1. The maximum Gasteiger partial charge on any atom is 0.190 e. The third kappa shape index (κ3) is 9.23. The lowest BCUT2D eigenvalue weighted by molar-refractivity contribution is 0.506. The summed E-state index contributed by atoms with van der Waals surface area (Å²) in [5.74, 6) is 2.67. The second-order valence-electron chi connectivity index (χ2n) is 5.14. The molecule has 0 saturated heterocycles. The van der Waals surface area contributed by atoms with Crippen LogP contribution >= 0.6 is 24.0 Å². The van der Waals surface area contributed by atoms with Gasteiger partial charge in [-0.15, -0.1) is 24.0 Å². The zero-order valence-electron chi connectivity index (χ0n) is 12.8. The predicted molar refractivity (Wildman–Crippen MR) is 95.9 cm³/mol. The largest absolute Gasteiger partial charge is 0.469 e. The Morgan fingerprint density at radius 3 is 2.60 bits per heavy atom. The molecule has 4 nitrogen and oxygen atoms in total. The molecule has 0 unspecified atom stereocenters. The first-order valence-corrected chi connectivity index (χ1v) is 7.19. The zero-order chi connectivity index (χ0) is 13.9. The van der Waals surface area contributed by atoms with E-state index in [0.29, 0.717) is 0 Å². The quantitative estimate of drug-likeness (QED) is 0.308. The van der Waals surface area contributed by atoms with Gasteiger partial charge in [-0.3, -0.25) is 4.99 Å². The Kier molecular flexibility index (Phi) is 11.6. The summed E-state index contributed by atoms with van der Waals surface area (Å²) in [7, 11) is 1.80. The number of nitrogens with one attached hydrogen (secondary N) is 2. The molecule has 0 aliphatic carbocycles. The summed E-state index contributed by atoms with van der Waals surface area (Å²) in [6.45, 7) is 6.34. The Morgan fingerprint density at radius 2 is 2.00 bits per heavy atom. The van der Waals surface area contributed by atoms with Gasteiger partial charge in [0, 0.05) is 26.6 Å². The van der Waals surface area contributed by atoms with Crippen LogP contribution in [-0.4, -0.2) is 26.1 Å². The molecule has 0 spiro atoms. The van der Waals surface area contributed by atoms with Crippen LogP contribution in [0.25, 0.3) is 0 Å². The molecule has 1 aromatic rings. The SMILES string of the molecule is CN=C(NCCCCC(C)C)NCCc1ccco1.I. The van der Waals surface area contributed by atoms with Gasteiger partial charge in [-0.1, -0.05) is 26.7 Å². The molecule has 116 valence electrons. The van der Waals surface area contributed by atoms with Gasteiger partial charge in [-0.25, -0.2) is 0 Å². The molecule has 0 radical (unpaired) electrons. The van der Waals surface area contributed by atoms with Crippen LogP contribution in [-0.2, 0) is 6.42 Å². The summed E-state index contributed by atoms with van der Waals surface area (Å²) in [5, 5.41) is 6.62. The Balaban J connectivity index is 0.00000361. The maximum atomic E-state index is 5.28. The lowest BCUT2D eigenvalue weighted by Crippen LogP contribution is -2.38. The third-order valence-electron chi connectivity index (χ3n) is 2.97. The minimum Gasteiger partial charge on any atom is -0.469 e. The van der Waals surface area contributed by atoms with Crippen LogP contribution in [0.1, 0.15) is 38.9 Å². The zero-order valence-corrected chi connectivity index (χ0v) is 15.1. The lowest BCUT2D eigenvalue weighted by atomic mass is 10.1. The fraction of sp³-hybridized carbons (Fsp3) is 0.667. The molecular formula is C15H28IN3O. The van der Waals surface area contributed by atoms with Gasteiger partial charge in [-0.2, -0.15) is 0 Å². The monoisotopic (exact) mass is 393 g/mol. The minimum absolute atomic E-state index is 0. The number of aliphatic imine (C=N–C) groups is 1. The van der Waals surface area contributed by atoms with Crippen LogP contribution in [0, 0.1) is 5.92 Å². The molecule has 0 fully saturated rings. The summed E-state index contributed by atoms with van der Waals surface area (Å²) in [5.41, 5.74) is 0. The van der Waals surface area contributed by atoms with Gasteiger partial charge in [0.2, 0.25) is 0 Å². The topological polar surface area (TPSA) is 49.6 Å². The van der Waals surface area contributed by atoms with Crippen molar-refractivity contribution in [2.45, 2.75) is 39.5 Å². The first-order chi connectivity index (χ1) is 9.22. The lowest BCUT2D eigenvalue weighted by Gasteiger charge is -2.11. The fourth-order valence-electron chi connectivity index (χ4n) is 1.86.